The van der Waals surface area contributed by atoms with Crippen LogP contribution in [0.25, 0.3) is 22.3 Å². The van der Waals surface area contributed by atoms with Crippen LogP contribution in [0.15, 0.2) is 46.7 Å². The summed E-state index contributed by atoms with van der Waals surface area (Å²) < 4.78 is 95.1. The van der Waals surface area contributed by atoms with Gasteiger partial charge in [-0.25, -0.2) is 15.0 Å². The molecule has 9 nitrogen and oxygen atoms in total. The molecule has 0 spiro atoms. The largest absolute Gasteiger partial charge is 0.454 e. The van der Waals surface area contributed by atoms with Crippen LogP contribution in [0.1, 0.15) is 49.7 Å². The van der Waals surface area contributed by atoms with Crippen molar-refractivity contribution in [3.05, 3.63) is 47.8 Å². The van der Waals surface area contributed by atoms with Crippen molar-refractivity contribution in [2.45, 2.75) is 73.5 Å². The minimum absolute atomic E-state index is 0.0300. The number of fused-ring (bicyclic) bond motifs is 2. The topological polar surface area (TPSA) is 140 Å². The number of aryl methyl sites for hydroxylation is 1. The van der Waals surface area contributed by atoms with Crippen LogP contribution in [0.4, 0.5) is 32.2 Å². The van der Waals surface area contributed by atoms with Gasteiger partial charge in [0, 0.05) is 17.5 Å². The molecule has 1 aliphatic heterocycles. The Bertz CT molecular complexity index is 1630. The molecule has 1 aliphatic rings. The van der Waals surface area contributed by atoms with Crippen molar-refractivity contribution >= 4 is 28.7 Å². The predicted octanol–water partition coefficient (Wildman–Crippen LogP) is 6.62. The van der Waals surface area contributed by atoms with Crippen molar-refractivity contribution in [3.63, 3.8) is 0 Å². The Hall–Kier alpha value is -3.76. The minimum atomic E-state index is -5.02. The van der Waals surface area contributed by atoms with Gasteiger partial charge in [-0.05, 0) is 73.7 Å². The first kappa shape index (κ1) is 32.6. The molecule has 0 aliphatic carbocycles. The highest BCUT2D eigenvalue weighted by molar-refractivity contribution is 7.99. The molecule has 3 heterocycles. The number of halogens is 6. The van der Waals surface area contributed by atoms with Crippen molar-refractivity contribution in [1.82, 2.24) is 19.5 Å². The number of hydrogen-bond donors (Lipinski definition) is 3. The fourth-order valence-electron chi connectivity index (χ4n) is 5.04. The summed E-state index contributed by atoms with van der Waals surface area (Å²) in [5, 5.41) is 0.358. The summed E-state index contributed by atoms with van der Waals surface area (Å²) in [7, 11) is 0. The summed E-state index contributed by atoms with van der Waals surface area (Å²) in [4.78, 5) is 13.3. The van der Waals surface area contributed by atoms with Crippen LogP contribution in [0.2, 0.25) is 0 Å². The fourth-order valence-corrected chi connectivity index (χ4v) is 6.11. The lowest BCUT2D eigenvalue weighted by Crippen LogP contribution is -2.20. The van der Waals surface area contributed by atoms with Gasteiger partial charge in [0.05, 0.1) is 11.1 Å². The molecule has 0 saturated heterocycles. The third-order valence-corrected chi connectivity index (χ3v) is 8.39. The lowest BCUT2D eigenvalue weighted by atomic mass is 9.98. The quantitative estimate of drug-likeness (QED) is 0.113. The van der Waals surface area contributed by atoms with E-state index in [2.05, 4.69) is 15.0 Å². The van der Waals surface area contributed by atoms with Gasteiger partial charge in [-0.2, -0.15) is 26.3 Å². The normalized spacial score (nSPS) is 14.0. The van der Waals surface area contributed by atoms with E-state index in [1.807, 2.05) is 0 Å². The third kappa shape index (κ3) is 7.56. The van der Waals surface area contributed by atoms with E-state index in [4.69, 9.17) is 26.7 Å². The molecule has 16 heteroatoms. The Morgan fingerprint density at radius 2 is 1.53 bits per heavy atom. The molecule has 5 rings (SSSR count). The van der Waals surface area contributed by atoms with E-state index in [-0.39, 0.29) is 52.2 Å². The molecule has 0 bridgehead atoms. The summed E-state index contributed by atoms with van der Waals surface area (Å²) in [5.41, 5.74) is 15.6. The lowest BCUT2D eigenvalue weighted by Gasteiger charge is -2.17. The zero-order valence-electron chi connectivity index (χ0n) is 23.9. The van der Waals surface area contributed by atoms with Crippen LogP contribution in [-0.2, 0) is 18.9 Å². The first-order valence-corrected chi connectivity index (χ1v) is 15.0. The smallest absolute Gasteiger partial charge is 0.416 e. The molecular weight excluding hydrogens is 624 g/mol. The molecule has 0 amide bonds. The van der Waals surface area contributed by atoms with Gasteiger partial charge in [0.25, 0.3) is 0 Å². The second-order valence-electron chi connectivity index (χ2n) is 10.6. The molecular formula is C29H31F6N7O2S. The average molecular weight is 656 g/mol. The number of nitrogens with two attached hydrogens (primary N) is 3. The molecule has 0 radical (unpaired) electrons. The van der Waals surface area contributed by atoms with Gasteiger partial charge in [0.1, 0.15) is 6.33 Å². The number of ether oxygens (including phenoxy) is 2. The predicted molar refractivity (Wildman–Crippen MR) is 157 cm³/mol. The Kier molecular flexibility index (Phi) is 9.65. The Morgan fingerprint density at radius 1 is 0.867 bits per heavy atom. The molecule has 4 aromatic rings. The van der Waals surface area contributed by atoms with Gasteiger partial charge in [-0.15, -0.1) is 0 Å². The zero-order valence-corrected chi connectivity index (χ0v) is 24.7. The number of benzene rings is 2. The molecule has 2 aromatic heterocycles. The van der Waals surface area contributed by atoms with Gasteiger partial charge >= 0.3 is 12.4 Å². The molecule has 6 N–H and O–H groups in total. The molecule has 2 aromatic carbocycles. The Morgan fingerprint density at radius 3 is 2.20 bits per heavy atom. The standard InChI is InChI=1S/C29H31F6N7O2S/c30-28(31,32)17-9-16(10-18(11-17)29(33,34)35)20-12-21-22(44-15-43-21)13-23(20)45-27-41-24-25(38)39-14-40-26(24)42(27)8-4-6-19(37)5-2-1-3-7-36/h9-14,19H,1-8,15,36-37H2,(H2,38,39,40). The highest BCUT2D eigenvalue weighted by atomic mass is 32.2. The van der Waals surface area contributed by atoms with Gasteiger partial charge < -0.3 is 31.2 Å². The van der Waals surface area contributed by atoms with Gasteiger partial charge in [0.2, 0.25) is 6.79 Å². The van der Waals surface area contributed by atoms with Crippen molar-refractivity contribution in [3.8, 4) is 22.6 Å². The number of nitrogens with zero attached hydrogens (tertiary/aromatic N) is 4. The van der Waals surface area contributed by atoms with E-state index in [9.17, 15) is 26.3 Å². The fraction of sp³-hybridized carbons (Fsp3) is 0.414. The first-order chi connectivity index (χ1) is 21.3. The Labute approximate surface area is 258 Å². The second kappa shape index (κ2) is 13.3. The van der Waals surface area contributed by atoms with Crippen LogP contribution in [-0.4, -0.2) is 38.9 Å². The van der Waals surface area contributed by atoms with Crippen LogP contribution in [0.5, 0.6) is 11.5 Å². The third-order valence-electron chi connectivity index (χ3n) is 7.34. The van der Waals surface area contributed by atoms with Crippen LogP contribution in [0, 0.1) is 0 Å². The number of unbranched alkanes of at least 4 members (excludes halogenated alkanes) is 2. The minimum Gasteiger partial charge on any atom is -0.454 e. The molecule has 1 unspecified atom stereocenters. The van der Waals surface area contributed by atoms with Crippen LogP contribution < -0.4 is 26.7 Å². The average Bonchev–Trinajstić information content (AvgIpc) is 3.58. The maximum absolute atomic E-state index is 13.7. The number of alkyl halides is 6. The van der Waals surface area contributed by atoms with Crippen molar-refractivity contribution < 1.29 is 35.8 Å². The first-order valence-electron chi connectivity index (χ1n) is 14.2. The van der Waals surface area contributed by atoms with Crippen LogP contribution >= 0.6 is 11.8 Å². The zero-order chi connectivity index (χ0) is 32.4. The number of hydrogen-bond acceptors (Lipinski definition) is 9. The maximum atomic E-state index is 13.7. The summed E-state index contributed by atoms with van der Waals surface area (Å²) in [5.74, 6) is 0.590. The molecule has 0 fully saturated rings. The molecule has 0 saturated carbocycles. The van der Waals surface area contributed by atoms with E-state index in [0.717, 1.165) is 37.4 Å². The lowest BCUT2D eigenvalue weighted by molar-refractivity contribution is -0.143. The van der Waals surface area contributed by atoms with E-state index < -0.39 is 23.5 Å². The number of imidazole rings is 1. The van der Waals surface area contributed by atoms with Crippen molar-refractivity contribution in [1.29, 1.82) is 0 Å². The van der Waals surface area contributed by atoms with E-state index >= 15 is 0 Å². The molecule has 242 valence electrons. The SMILES string of the molecule is NCCCCCC(N)CCCn1c(Sc2cc3c(cc2-c2cc(C(F)(F)F)cc(C(F)(F)F)c2)OCO3)nc2c(N)ncnc21. The van der Waals surface area contributed by atoms with E-state index in [1.165, 1.54) is 18.5 Å². The van der Waals surface area contributed by atoms with Crippen molar-refractivity contribution in [2.24, 2.45) is 11.5 Å². The maximum Gasteiger partial charge on any atom is 0.416 e. The van der Waals surface area contributed by atoms with E-state index in [0.29, 0.717) is 54.4 Å². The van der Waals surface area contributed by atoms with E-state index in [1.54, 1.807) is 4.57 Å². The Balaban J connectivity index is 1.53. The van der Waals surface area contributed by atoms with Crippen molar-refractivity contribution in [2.75, 3.05) is 19.1 Å². The molecule has 1 atom stereocenters. The van der Waals surface area contributed by atoms with Crippen LogP contribution in [0.3, 0.4) is 0 Å². The summed E-state index contributed by atoms with van der Waals surface area (Å²) in [6.07, 6.45) is -3.64. The van der Waals surface area contributed by atoms with Gasteiger partial charge in [-0.3, -0.25) is 0 Å². The number of anilines is 1. The number of aromatic nitrogens is 4. The summed E-state index contributed by atoms with van der Waals surface area (Å²) >= 11 is 1.03. The molecule has 45 heavy (non-hydrogen) atoms. The van der Waals surface area contributed by atoms with Gasteiger partial charge in [0.15, 0.2) is 33.6 Å². The number of rotatable bonds is 12. The highest BCUT2D eigenvalue weighted by Crippen LogP contribution is 2.47. The highest BCUT2D eigenvalue weighted by Gasteiger charge is 2.37. The summed E-state index contributed by atoms with van der Waals surface area (Å²) in [6.45, 7) is 0.903. The monoisotopic (exact) mass is 655 g/mol. The van der Waals surface area contributed by atoms with Gasteiger partial charge in [-0.1, -0.05) is 24.6 Å². The second-order valence-corrected chi connectivity index (χ2v) is 11.6. The number of nitrogen functional groups attached to an aromatic ring is 1. The summed E-state index contributed by atoms with van der Waals surface area (Å²) in [6, 6.07) is 4.29.